The summed E-state index contributed by atoms with van der Waals surface area (Å²) in [4.78, 5) is 7.17. The zero-order valence-corrected chi connectivity index (χ0v) is 18.7. The smallest absolute Gasteiger partial charge is 0.254 e. The van der Waals surface area contributed by atoms with Gasteiger partial charge < -0.3 is 5.32 Å². The van der Waals surface area contributed by atoms with Gasteiger partial charge in [0.05, 0.1) is 5.52 Å². The largest absolute Gasteiger partial charge is 0.364 e. The summed E-state index contributed by atoms with van der Waals surface area (Å²) in [6.45, 7) is 3.05. The monoisotopic (exact) mass is 461 g/mol. The Morgan fingerprint density at radius 2 is 1.82 bits per heavy atom. The third kappa shape index (κ3) is 4.37. The maximum absolute atomic E-state index is 10.9. The highest BCUT2D eigenvalue weighted by molar-refractivity contribution is 7.77. The van der Waals surface area contributed by atoms with Gasteiger partial charge in [0.2, 0.25) is 11.3 Å². The maximum atomic E-state index is 10.9. The average Bonchev–Trinajstić information content (AvgIpc) is 3.42. The van der Waals surface area contributed by atoms with E-state index in [1.54, 1.807) is 0 Å². The maximum Gasteiger partial charge on any atom is 0.254 e. The molecule has 0 aliphatic rings. The fourth-order valence-electron chi connectivity index (χ4n) is 3.97. The van der Waals surface area contributed by atoms with Crippen molar-refractivity contribution in [3.8, 4) is 5.95 Å². The van der Waals surface area contributed by atoms with Crippen LogP contribution in [0.15, 0.2) is 72.9 Å². The van der Waals surface area contributed by atoms with Gasteiger partial charge in [0.1, 0.15) is 5.52 Å². The summed E-state index contributed by atoms with van der Waals surface area (Å²) in [6.07, 6.45) is 1.91. The quantitative estimate of drug-likeness (QED) is 0.209. The zero-order chi connectivity index (χ0) is 22.8. The Hall–Kier alpha value is -3.57. The van der Waals surface area contributed by atoms with Crippen LogP contribution in [0.1, 0.15) is 16.8 Å². The molecule has 2 aromatic carbocycles. The van der Waals surface area contributed by atoms with Crippen molar-refractivity contribution in [3.05, 3.63) is 89.7 Å². The molecule has 0 bridgehead atoms. The van der Waals surface area contributed by atoms with E-state index in [0.717, 1.165) is 33.5 Å². The molecule has 0 spiro atoms. The normalized spacial score (nSPS) is 12.4. The van der Waals surface area contributed by atoms with Crippen LogP contribution in [-0.4, -0.2) is 27.9 Å². The Kier molecular flexibility index (Phi) is 5.88. The summed E-state index contributed by atoms with van der Waals surface area (Å²) in [5.74, 6) is 1.31. The van der Waals surface area contributed by atoms with Crippen molar-refractivity contribution in [2.24, 2.45) is 0 Å². The Bertz CT molecular complexity index is 1450. The number of aryl methyl sites for hydroxylation is 1. The molecule has 3 aromatic heterocycles. The van der Waals surface area contributed by atoms with Crippen LogP contribution in [0.2, 0.25) is 0 Å². The van der Waals surface area contributed by atoms with Crippen LogP contribution in [0.25, 0.3) is 22.4 Å². The van der Waals surface area contributed by atoms with Crippen molar-refractivity contribution in [1.29, 1.82) is 0 Å². The molecular weight excluding hydrogens is 438 g/mol. The number of nitrogens with zero attached hydrogens (tertiary/aromatic N) is 4. The minimum Gasteiger partial charge on any atom is -0.364 e. The number of fused-ring (bicyclic) bond motifs is 2. The van der Waals surface area contributed by atoms with Gasteiger partial charge in [-0.15, -0.1) is 5.10 Å². The number of rotatable bonds is 8. The van der Waals surface area contributed by atoms with E-state index in [1.165, 1.54) is 5.56 Å². The minimum atomic E-state index is -2.13. The van der Waals surface area contributed by atoms with Crippen LogP contribution in [0.5, 0.6) is 0 Å². The first-order valence-electron chi connectivity index (χ1n) is 10.4. The van der Waals surface area contributed by atoms with Crippen LogP contribution in [0, 0.1) is 6.92 Å². The minimum absolute atomic E-state index is 0.383. The summed E-state index contributed by atoms with van der Waals surface area (Å²) >= 11 is -2.13. The van der Waals surface area contributed by atoms with Crippen LogP contribution < -0.4 is 15.6 Å². The number of aromatic nitrogens is 4. The molecule has 0 saturated heterocycles. The topological polar surface area (TPSA) is 109 Å². The molecule has 1 atom stereocenters. The second kappa shape index (κ2) is 9.12. The van der Waals surface area contributed by atoms with Gasteiger partial charge in [-0.2, -0.15) is 9.82 Å². The van der Waals surface area contributed by atoms with Gasteiger partial charge in [-0.3, -0.25) is 9.12 Å². The standard InChI is InChI=1S/C23H23N7O2S/c1-16-13-19-18(15-25-28-33(31)32)9-5-10-20(19)30(16)23-26-22(21-11-6-12-29(21)27-23)24-14-17-7-3-2-4-8-17/h2-13,25,28H,14-15H2,1H3,(H,31,32)(H,24,26,27). The lowest BCUT2D eigenvalue weighted by atomic mass is 10.1. The molecule has 5 aromatic rings. The zero-order valence-electron chi connectivity index (χ0n) is 17.9. The molecule has 33 heavy (non-hydrogen) atoms. The second-order valence-electron chi connectivity index (χ2n) is 7.61. The summed E-state index contributed by atoms with van der Waals surface area (Å²) in [6, 6.07) is 22.1. The highest BCUT2D eigenvalue weighted by atomic mass is 32.2. The number of hydrogen-bond donors (Lipinski definition) is 4. The highest BCUT2D eigenvalue weighted by Crippen LogP contribution is 2.27. The molecule has 4 N–H and O–H groups in total. The van der Waals surface area contributed by atoms with Crippen LogP contribution in [0.4, 0.5) is 5.82 Å². The fourth-order valence-corrected chi connectivity index (χ4v) is 4.16. The lowest BCUT2D eigenvalue weighted by Crippen LogP contribution is -2.32. The Labute approximate surface area is 192 Å². The van der Waals surface area contributed by atoms with Gasteiger partial charge in [-0.25, -0.2) is 14.2 Å². The molecule has 0 saturated carbocycles. The third-order valence-corrected chi connectivity index (χ3v) is 5.76. The van der Waals surface area contributed by atoms with Crippen molar-refractivity contribution in [1.82, 2.24) is 29.4 Å². The van der Waals surface area contributed by atoms with Crippen molar-refractivity contribution >= 4 is 33.5 Å². The lowest BCUT2D eigenvalue weighted by molar-refractivity contribution is 0.526. The van der Waals surface area contributed by atoms with Gasteiger partial charge in [0.25, 0.3) is 5.95 Å². The summed E-state index contributed by atoms with van der Waals surface area (Å²) in [7, 11) is 0. The molecule has 0 radical (unpaired) electrons. The molecule has 0 aliphatic heterocycles. The van der Waals surface area contributed by atoms with E-state index < -0.39 is 11.3 Å². The first-order chi connectivity index (χ1) is 16.1. The summed E-state index contributed by atoms with van der Waals surface area (Å²) < 4.78 is 23.6. The number of hydrazine groups is 1. The van der Waals surface area contributed by atoms with E-state index in [-0.39, 0.29) is 0 Å². The predicted octanol–water partition coefficient (Wildman–Crippen LogP) is 3.32. The van der Waals surface area contributed by atoms with Gasteiger partial charge in [0, 0.05) is 30.4 Å². The van der Waals surface area contributed by atoms with E-state index >= 15 is 0 Å². The van der Waals surface area contributed by atoms with E-state index in [1.807, 2.05) is 70.7 Å². The van der Waals surface area contributed by atoms with E-state index in [9.17, 15) is 4.21 Å². The molecule has 3 heterocycles. The first-order valence-corrected chi connectivity index (χ1v) is 11.5. The number of nitrogens with one attached hydrogen (secondary N) is 3. The van der Waals surface area contributed by atoms with E-state index in [0.29, 0.717) is 19.0 Å². The molecule has 10 heteroatoms. The molecule has 0 aliphatic carbocycles. The number of anilines is 1. The predicted molar refractivity (Wildman–Crippen MR) is 129 cm³/mol. The van der Waals surface area contributed by atoms with Crippen molar-refractivity contribution in [2.75, 3.05) is 5.32 Å². The van der Waals surface area contributed by atoms with Gasteiger partial charge >= 0.3 is 0 Å². The van der Waals surface area contributed by atoms with Crippen molar-refractivity contribution in [3.63, 3.8) is 0 Å². The number of hydrogen-bond acceptors (Lipinski definition) is 5. The van der Waals surface area contributed by atoms with Gasteiger partial charge in [-0.05, 0) is 42.3 Å². The van der Waals surface area contributed by atoms with Gasteiger partial charge in [-0.1, -0.05) is 42.5 Å². The third-order valence-electron chi connectivity index (χ3n) is 5.44. The van der Waals surface area contributed by atoms with E-state index in [4.69, 9.17) is 14.6 Å². The van der Waals surface area contributed by atoms with Crippen LogP contribution in [0.3, 0.4) is 0 Å². The van der Waals surface area contributed by atoms with Crippen molar-refractivity contribution < 1.29 is 8.76 Å². The van der Waals surface area contributed by atoms with Crippen LogP contribution in [-0.2, 0) is 24.4 Å². The molecular formula is C23H23N7O2S. The van der Waals surface area contributed by atoms with Crippen LogP contribution >= 0.6 is 0 Å². The molecule has 9 nitrogen and oxygen atoms in total. The molecule has 168 valence electrons. The average molecular weight is 462 g/mol. The molecule has 0 amide bonds. The lowest BCUT2D eigenvalue weighted by Gasteiger charge is -2.12. The first kappa shape index (κ1) is 21.3. The van der Waals surface area contributed by atoms with Gasteiger partial charge in [0.15, 0.2) is 5.82 Å². The molecule has 5 rings (SSSR count). The second-order valence-corrected chi connectivity index (χ2v) is 8.32. The summed E-state index contributed by atoms with van der Waals surface area (Å²) in [5, 5.41) is 9.22. The number of benzene rings is 2. The Morgan fingerprint density at radius 3 is 2.64 bits per heavy atom. The van der Waals surface area contributed by atoms with E-state index in [2.05, 4.69) is 33.8 Å². The van der Waals surface area contributed by atoms with Crippen molar-refractivity contribution in [2.45, 2.75) is 20.0 Å². The molecule has 0 fully saturated rings. The fraction of sp³-hybridized carbons (Fsp3) is 0.130. The highest BCUT2D eigenvalue weighted by Gasteiger charge is 2.15. The Morgan fingerprint density at radius 1 is 1.00 bits per heavy atom. The molecule has 1 unspecified atom stereocenters. The summed E-state index contributed by atoms with van der Waals surface area (Å²) in [5.41, 5.74) is 7.76. The SMILES string of the molecule is Cc1cc2c(CNNS(=O)O)cccc2n1-c1nc(NCc2ccccc2)c2cccn2n1. The Balaban J connectivity index is 1.54.